The van der Waals surface area contributed by atoms with Crippen molar-refractivity contribution in [3.8, 4) is 10.7 Å². The SMILES string of the molecule is Cn1nnc(-c2sccc2S(N)(=O)=O)n1. The van der Waals surface area contributed by atoms with E-state index in [4.69, 9.17) is 5.14 Å². The van der Waals surface area contributed by atoms with Crippen molar-refractivity contribution < 1.29 is 8.42 Å². The van der Waals surface area contributed by atoms with Crippen LogP contribution in [0.5, 0.6) is 0 Å². The second-order valence-electron chi connectivity index (χ2n) is 2.76. The van der Waals surface area contributed by atoms with Crippen LogP contribution in [0.4, 0.5) is 0 Å². The van der Waals surface area contributed by atoms with Gasteiger partial charge in [0.25, 0.3) is 0 Å². The number of thiophene rings is 1. The van der Waals surface area contributed by atoms with Crippen LogP contribution in [-0.4, -0.2) is 28.6 Å². The molecule has 0 fully saturated rings. The molecule has 0 aromatic carbocycles. The molecule has 0 saturated carbocycles. The van der Waals surface area contributed by atoms with Crippen LogP contribution in [0.1, 0.15) is 0 Å². The molecular formula is C6H7N5O2S2. The Kier molecular flexibility index (Phi) is 2.29. The third-order valence-electron chi connectivity index (χ3n) is 1.65. The molecule has 0 aliphatic carbocycles. The Labute approximate surface area is 89.6 Å². The predicted molar refractivity (Wildman–Crippen MR) is 53.5 cm³/mol. The number of primary sulfonamides is 1. The molecule has 2 aromatic rings. The normalized spacial score (nSPS) is 11.9. The van der Waals surface area contributed by atoms with Crippen molar-refractivity contribution in [1.29, 1.82) is 0 Å². The van der Waals surface area contributed by atoms with Gasteiger partial charge in [-0.2, -0.15) is 4.80 Å². The van der Waals surface area contributed by atoms with E-state index in [0.717, 1.165) is 0 Å². The number of aryl methyl sites for hydroxylation is 1. The van der Waals surface area contributed by atoms with Gasteiger partial charge in [0.15, 0.2) is 0 Å². The van der Waals surface area contributed by atoms with Crippen LogP contribution in [0.2, 0.25) is 0 Å². The number of rotatable bonds is 2. The van der Waals surface area contributed by atoms with Gasteiger partial charge in [-0.05, 0) is 16.7 Å². The van der Waals surface area contributed by atoms with Gasteiger partial charge in [-0.15, -0.1) is 21.5 Å². The number of nitrogens with two attached hydrogens (primary N) is 1. The average molecular weight is 245 g/mol. The molecule has 0 bridgehead atoms. The van der Waals surface area contributed by atoms with Crippen LogP contribution < -0.4 is 5.14 Å². The standard InChI is InChI=1S/C6H7N5O2S2/c1-11-9-6(8-10-11)5-4(2-3-14-5)15(7,12)13/h2-3H,1H3,(H2,7,12,13). The Morgan fingerprint density at radius 2 is 2.27 bits per heavy atom. The first kappa shape index (κ1) is 10.2. The van der Waals surface area contributed by atoms with E-state index in [-0.39, 0.29) is 10.7 Å². The van der Waals surface area contributed by atoms with Crippen LogP contribution in [0.3, 0.4) is 0 Å². The van der Waals surface area contributed by atoms with Crippen LogP contribution in [0.25, 0.3) is 10.7 Å². The Morgan fingerprint density at radius 3 is 2.80 bits per heavy atom. The number of tetrazole rings is 1. The van der Waals surface area contributed by atoms with Gasteiger partial charge in [0.05, 0.1) is 11.9 Å². The topological polar surface area (TPSA) is 104 Å². The molecular weight excluding hydrogens is 238 g/mol. The summed E-state index contributed by atoms with van der Waals surface area (Å²) in [6.45, 7) is 0. The molecule has 2 rings (SSSR count). The quantitative estimate of drug-likeness (QED) is 0.774. The lowest BCUT2D eigenvalue weighted by molar-refractivity contribution is 0.598. The summed E-state index contributed by atoms with van der Waals surface area (Å²) in [7, 11) is -2.14. The molecule has 0 spiro atoms. The summed E-state index contributed by atoms with van der Waals surface area (Å²) in [6, 6.07) is 1.42. The van der Waals surface area contributed by atoms with Gasteiger partial charge in [-0.1, -0.05) is 0 Å². The highest BCUT2D eigenvalue weighted by atomic mass is 32.2. The molecule has 0 aliphatic rings. The zero-order chi connectivity index (χ0) is 11.1. The summed E-state index contributed by atoms with van der Waals surface area (Å²) in [5.41, 5.74) is 0. The second kappa shape index (κ2) is 3.36. The van der Waals surface area contributed by atoms with Crippen molar-refractivity contribution in [2.75, 3.05) is 0 Å². The summed E-state index contributed by atoms with van der Waals surface area (Å²) in [6.07, 6.45) is 0. The third kappa shape index (κ3) is 1.89. The van der Waals surface area contributed by atoms with E-state index in [2.05, 4.69) is 15.4 Å². The van der Waals surface area contributed by atoms with Crippen molar-refractivity contribution in [1.82, 2.24) is 20.2 Å². The highest BCUT2D eigenvalue weighted by molar-refractivity contribution is 7.89. The van der Waals surface area contributed by atoms with E-state index < -0.39 is 10.0 Å². The van der Waals surface area contributed by atoms with E-state index in [1.54, 1.807) is 12.4 Å². The predicted octanol–water partition coefficient (Wildman–Crippen LogP) is -0.414. The van der Waals surface area contributed by atoms with Gasteiger partial charge in [-0.25, -0.2) is 13.6 Å². The Morgan fingerprint density at radius 1 is 1.53 bits per heavy atom. The summed E-state index contributed by atoms with van der Waals surface area (Å²) in [5.74, 6) is 0.261. The molecule has 0 amide bonds. The van der Waals surface area contributed by atoms with E-state index >= 15 is 0 Å². The fourth-order valence-corrected chi connectivity index (χ4v) is 2.96. The van der Waals surface area contributed by atoms with Crippen molar-refractivity contribution in [2.24, 2.45) is 12.2 Å². The summed E-state index contributed by atoms with van der Waals surface area (Å²) in [5, 5.41) is 17.9. The first-order chi connectivity index (χ1) is 6.98. The smallest absolute Gasteiger partial charge is 0.225 e. The van der Waals surface area contributed by atoms with E-state index in [9.17, 15) is 8.42 Å². The molecule has 2 N–H and O–H groups in total. The van der Waals surface area contributed by atoms with E-state index in [1.165, 1.54) is 22.2 Å². The zero-order valence-corrected chi connectivity index (χ0v) is 9.29. The lowest BCUT2D eigenvalue weighted by Crippen LogP contribution is -2.12. The fourth-order valence-electron chi connectivity index (χ4n) is 1.06. The fraction of sp³-hybridized carbons (Fsp3) is 0.167. The molecule has 0 atom stereocenters. The molecule has 15 heavy (non-hydrogen) atoms. The molecule has 80 valence electrons. The molecule has 0 saturated heterocycles. The summed E-state index contributed by atoms with van der Waals surface area (Å²) in [4.78, 5) is 1.69. The van der Waals surface area contributed by atoms with Crippen molar-refractivity contribution in [3.05, 3.63) is 11.4 Å². The lowest BCUT2D eigenvalue weighted by atomic mass is 10.4. The number of nitrogens with zero attached hydrogens (tertiary/aromatic N) is 4. The highest BCUT2D eigenvalue weighted by Gasteiger charge is 2.19. The van der Waals surface area contributed by atoms with Crippen LogP contribution in [0, 0.1) is 0 Å². The molecule has 0 radical (unpaired) electrons. The van der Waals surface area contributed by atoms with Gasteiger partial charge >= 0.3 is 0 Å². The van der Waals surface area contributed by atoms with Gasteiger partial charge in [0, 0.05) is 0 Å². The minimum Gasteiger partial charge on any atom is -0.225 e. The maximum atomic E-state index is 11.2. The van der Waals surface area contributed by atoms with Gasteiger partial charge in [-0.3, -0.25) is 0 Å². The molecule has 9 heteroatoms. The van der Waals surface area contributed by atoms with Crippen LogP contribution in [-0.2, 0) is 17.1 Å². The van der Waals surface area contributed by atoms with Crippen molar-refractivity contribution in [3.63, 3.8) is 0 Å². The molecule has 7 nitrogen and oxygen atoms in total. The molecule has 2 heterocycles. The van der Waals surface area contributed by atoms with Gasteiger partial charge in [0.2, 0.25) is 15.8 Å². The number of aromatic nitrogens is 4. The Hall–Kier alpha value is -1.32. The minimum atomic E-state index is -3.74. The average Bonchev–Trinajstić information content (AvgIpc) is 2.68. The monoisotopic (exact) mass is 245 g/mol. The lowest BCUT2D eigenvalue weighted by Gasteiger charge is -1.95. The van der Waals surface area contributed by atoms with Crippen molar-refractivity contribution >= 4 is 21.4 Å². The number of sulfonamides is 1. The van der Waals surface area contributed by atoms with Crippen LogP contribution >= 0.6 is 11.3 Å². The number of hydrogen-bond acceptors (Lipinski definition) is 6. The van der Waals surface area contributed by atoms with Crippen LogP contribution in [0.15, 0.2) is 16.3 Å². The maximum absolute atomic E-state index is 11.2. The minimum absolute atomic E-state index is 0.0282. The van der Waals surface area contributed by atoms with Gasteiger partial charge < -0.3 is 0 Å². The highest BCUT2D eigenvalue weighted by Crippen LogP contribution is 2.28. The number of hydrogen-bond donors (Lipinski definition) is 1. The molecule has 0 aliphatic heterocycles. The first-order valence-electron chi connectivity index (χ1n) is 3.83. The summed E-state index contributed by atoms with van der Waals surface area (Å²) < 4.78 is 22.4. The molecule has 0 unspecified atom stereocenters. The molecule has 2 aromatic heterocycles. The zero-order valence-electron chi connectivity index (χ0n) is 7.65. The van der Waals surface area contributed by atoms with Gasteiger partial charge in [0.1, 0.15) is 4.90 Å². The van der Waals surface area contributed by atoms with Crippen molar-refractivity contribution in [2.45, 2.75) is 4.90 Å². The maximum Gasteiger partial charge on any atom is 0.239 e. The Bertz CT molecular complexity index is 584. The van der Waals surface area contributed by atoms with E-state index in [0.29, 0.717) is 4.88 Å². The summed E-state index contributed by atoms with van der Waals surface area (Å²) >= 11 is 1.21. The Balaban J connectivity index is 2.60. The first-order valence-corrected chi connectivity index (χ1v) is 6.26. The van der Waals surface area contributed by atoms with E-state index in [1.807, 2.05) is 0 Å². The third-order valence-corrected chi connectivity index (χ3v) is 3.64. The largest absolute Gasteiger partial charge is 0.239 e. The second-order valence-corrected chi connectivity index (χ2v) is 5.21.